The van der Waals surface area contributed by atoms with Crippen LogP contribution in [-0.2, 0) is 25.1 Å². The number of ether oxygens (including phenoxy) is 2. The summed E-state index contributed by atoms with van der Waals surface area (Å²) < 4.78 is 34.1. The Balaban J connectivity index is 1.51. The smallest absolute Gasteiger partial charge is 0.225 e. The van der Waals surface area contributed by atoms with E-state index >= 15 is 0 Å². The summed E-state index contributed by atoms with van der Waals surface area (Å²) in [5.74, 6) is 1.22. The monoisotopic (exact) mass is 436 g/mol. The number of imidazole rings is 1. The van der Waals surface area contributed by atoms with E-state index in [4.69, 9.17) is 25.2 Å². The topological polar surface area (TPSA) is 119 Å². The van der Waals surface area contributed by atoms with E-state index < -0.39 is 32.4 Å². The molecule has 0 aromatic carbocycles. The Kier molecular flexibility index (Phi) is 5.67. The number of nitrogens with one attached hydrogen (secondary N) is 1. The molecule has 2 bridgehead atoms. The van der Waals surface area contributed by atoms with Crippen LogP contribution in [0.15, 0.2) is 16.3 Å². The lowest BCUT2D eigenvalue weighted by Crippen LogP contribution is -2.37. The molecule has 0 aliphatic carbocycles. The summed E-state index contributed by atoms with van der Waals surface area (Å²) in [5, 5.41) is 11.9. The van der Waals surface area contributed by atoms with E-state index in [1.807, 2.05) is 36.3 Å². The minimum absolute atomic E-state index is 0.00378. The molecule has 1 aromatic rings. The molecule has 2 fully saturated rings. The number of aromatic nitrogens is 2. The zero-order valence-corrected chi connectivity index (χ0v) is 18.1. The molecule has 5 atom stereocenters. The van der Waals surface area contributed by atoms with Crippen LogP contribution < -0.4 is 5.32 Å². The van der Waals surface area contributed by atoms with Gasteiger partial charge in [-0.2, -0.15) is 5.26 Å². The quantitative estimate of drug-likeness (QED) is 0.297. The van der Waals surface area contributed by atoms with E-state index in [1.165, 1.54) is 0 Å². The van der Waals surface area contributed by atoms with Gasteiger partial charge in [-0.1, -0.05) is 0 Å². The first-order chi connectivity index (χ1) is 15.0. The van der Waals surface area contributed by atoms with E-state index in [0.29, 0.717) is 25.5 Å². The van der Waals surface area contributed by atoms with E-state index in [2.05, 4.69) is 20.3 Å². The van der Waals surface area contributed by atoms with Crippen LogP contribution in [0.5, 0.6) is 0 Å². The lowest BCUT2D eigenvalue weighted by Gasteiger charge is -2.29. The van der Waals surface area contributed by atoms with Crippen molar-refractivity contribution in [3.05, 3.63) is 12.0 Å². The number of nitrogens with zero attached hydrogens (tertiary/aromatic N) is 6. The first kappa shape index (κ1) is 19.8. The van der Waals surface area contributed by atoms with Crippen LogP contribution >= 0.6 is 8.38 Å². The van der Waals surface area contributed by atoms with Gasteiger partial charge in [-0.3, -0.25) is 4.57 Å². The standard InChI is InChI=1S/C18H26N7O4P/c1-18-9-26-13(14(18)29-30(4)27-7-5-6-19)16(28-18)25-11-21-12-8-20-17(23-15(12)25)22-10-24(2)3/h10-11,13-14,16H,5,7-9H2,1-4H3,(H,20,23)/t13-,14?,16+,18-,30?/m0/s1/i1D. The molecule has 30 heavy (non-hydrogen) atoms. The number of guanidine groups is 1. The number of fused-ring (bicyclic) bond motifs is 3. The molecular formula is C18H26N7O4P. The molecule has 4 heterocycles. The normalized spacial score (nSPS) is 31.1. The van der Waals surface area contributed by atoms with Crippen molar-refractivity contribution < 1.29 is 19.9 Å². The van der Waals surface area contributed by atoms with Gasteiger partial charge in [-0.15, -0.1) is 0 Å². The summed E-state index contributed by atoms with van der Waals surface area (Å²) >= 11 is 0. The summed E-state index contributed by atoms with van der Waals surface area (Å²) in [7, 11) is 2.53. The van der Waals surface area contributed by atoms with Gasteiger partial charge in [0.2, 0.25) is 5.96 Å². The summed E-state index contributed by atoms with van der Waals surface area (Å²) in [5.41, 5.74) is -0.0961. The molecule has 3 aliphatic heterocycles. The number of nitriles is 1. The summed E-state index contributed by atoms with van der Waals surface area (Å²) in [6, 6.07) is 2.05. The Hall–Kier alpha value is -2.09. The fourth-order valence-electron chi connectivity index (χ4n) is 3.51. The van der Waals surface area contributed by atoms with E-state index in [9.17, 15) is 0 Å². The molecule has 12 heteroatoms. The Morgan fingerprint density at radius 3 is 3.27 bits per heavy atom. The second-order valence-corrected chi connectivity index (χ2v) is 8.82. The molecule has 0 spiro atoms. The number of anilines is 1. The van der Waals surface area contributed by atoms with Crippen LogP contribution in [-0.4, -0.2) is 78.5 Å². The second kappa shape index (κ2) is 8.57. The molecule has 1 aromatic heterocycles. The van der Waals surface area contributed by atoms with Crippen molar-refractivity contribution in [2.45, 2.75) is 43.9 Å². The summed E-state index contributed by atoms with van der Waals surface area (Å²) in [6.07, 6.45) is 2.29. The lowest BCUT2D eigenvalue weighted by atomic mass is 10.0. The predicted octanol–water partition coefficient (Wildman–Crippen LogP) is 1.70. The van der Waals surface area contributed by atoms with Gasteiger partial charge in [0.25, 0.3) is 0 Å². The van der Waals surface area contributed by atoms with Crippen LogP contribution in [0.4, 0.5) is 5.82 Å². The molecule has 4 rings (SSSR count). The number of hydrogen-bond donors (Lipinski definition) is 1. The third kappa shape index (κ3) is 4.06. The Morgan fingerprint density at radius 1 is 1.63 bits per heavy atom. The third-order valence-corrected chi connectivity index (χ3v) is 5.96. The van der Waals surface area contributed by atoms with Crippen molar-refractivity contribution in [1.82, 2.24) is 14.5 Å². The van der Waals surface area contributed by atoms with Crippen molar-refractivity contribution in [2.24, 2.45) is 9.98 Å². The lowest BCUT2D eigenvalue weighted by molar-refractivity contribution is -0.165. The highest BCUT2D eigenvalue weighted by Crippen LogP contribution is 2.52. The second-order valence-electron chi connectivity index (χ2n) is 7.48. The zero-order chi connectivity index (χ0) is 22.0. The van der Waals surface area contributed by atoms with Gasteiger partial charge in [-0.05, 0) is 6.90 Å². The first-order valence-corrected chi connectivity index (χ1v) is 11.2. The van der Waals surface area contributed by atoms with Crippen molar-refractivity contribution >= 4 is 26.5 Å². The maximum atomic E-state index is 8.69. The fourth-order valence-corrected chi connectivity index (χ4v) is 4.55. The highest BCUT2D eigenvalue weighted by molar-refractivity contribution is 7.46. The van der Waals surface area contributed by atoms with Gasteiger partial charge in [0.1, 0.15) is 29.3 Å². The van der Waals surface area contributed by atoms with Crippen molar-refractivity contribution in [3.8, 4) is 6.07 Å². The largest absolute Gasteiger partial charge is 0.369 e. The molecule has 2 saturated heterocycles. The van der Waals surface area contributed by atoms with Crippen molar-refractivity contribution in [1.29, 1.82) is 5.26 Å². The molecule has 11 nitrogen and oxygen atoms in total. The van der Waals surface area contributed by atoms with Crippen molar-refractivity contribution in [2.75, 3.05) is 39.3 Å². The zero-order valence-electron chi connectivity index (χ0n) is 18.2. The SMILES string of the molecule is [2H]C[C@]12CO[C@@H](C1OP(C)OCCC#N)[C@H](n1cnc3c1NC(N=CN(C)C)=NC3)O2. The Morgan fingerprint density at radius 2 is 2.50 bits per heavy atom. The minimum Gasteiger partial charge on any atom is -0.369 e. The van der Waals surface area contributed by atoms with Crippen LogP contribution in [0.3, 0.4) is 0 Å². The molecule has 0 radical (unpaired) electrons. The highest BCUT2D eigenvalue weighted by Gasteiger charge is 2.61. The Labute approximate surface area is 178 Å². The predicted molar refractivity (Wildman–Crippen MR) is 111 cm³/mol. The molecular weight excluding hydrogens is 409 g/mol. The molecule has 2 unspecified atom stereocenters. The molecule has 0 saturated carbocycles. The number of hydrogen-bond acceptors (Lipinski definition) is 9. The van der Waals surface area contributed by atoms with Crippen molar-refractivity contribution in [3.63, 3.8) is 0 Å². The number of aliphatic imine (C=N–C) groups is 2. The molecule has 0 amide bonds. The molecule has 3 aliphatic rings. The van der Waals surface area contributed by atoms with Gasteiger partial charge >= 0.3 is 0 Å². The maximum absolute atomic E-state index is 8.69. The van der Waals surface area contributed by atoms with Gasteiger partial charge in [0.05, 0.1) is 44.9 Å². The summed E-state index contributed by atoms with van der Waals surface area (Å²) in [4.78, 5) is 15.0. The van der Waals surface area contributed by atoms with Crippen LogP contribution in [0, 0.1) is 11.3 Å². The first-order valence-electron chi connectivity index (χ1n) is 10.2. The minimum atomic E-state index is -1.24. The molecule has 162 valence electrons. The van der Waals surface area contributed by atoms with Crippen LogP contribution in [0.2, 0.25) is 0 Å². The fraction of sp³-hybridized carbons (Fsp3) is 0.667. The maximum Gasteiger partial charge on any atom is 0.225 e. The third-order valence-electron chi connectivity index (χ3n) is 4.89. The van der Waals surface area contributed by atoms with Crippen LogP contribution in [0.1, 0.15) is 26.6 Å². The van der Waals surface area contributed by atoms with E-state index in [-0.39, 0.29) is 13.5 Å². The highest BCUT2D eigenvalue weighted by atomic mass is 31.2. The molecule has 1 N–H and O–H groups in total. The van der Waals surface area contributed by atoms with E-state index in [1.54, 1.807) is 12.7 Å². The average Bonchev–Trinajstić information content (AvgIpc) is 3.42. The van der Waals surface area contributed by atoms with Gasteiger partial charge in [0, 0.05) is 22.1 Å². The van der Waals surface area contributed by atoms with Gasteiger partial charge in [-0.25, -0.2) is 15.0 Å². The van der Waals surface area contributed by atoms with Gasteiger partial charge < -0.3 is 28.7 Å². The van der Waals surface area contributed by atoms with Crippen LogP contribution in [0.25, 0.3) is 0 Å². The average molecular weight is 436 g/mol. The number of rotatable bonds is 7. The Bertz CT molecular complexity index is 904. The van der Waals surface area contributed by atoms with Gasteiger partial charge in [0.15, 0.2) is 14.6 Å². The summed E-state index contributed by atoms with van der Waals surface area (Å²) in [6.45, 7) is 2.83. The van der Waals surface area contributed by atoms with E-state index in [0.717, 1.165) is 11.5 Å².